The van der Waals surface area contributed by atoms with Gasteiger partial charge in [-0.1, -0.05) is 30.3 Å². The van der Waals surface area contributed by atoms with Crippen LogP contribution in [0.1, 0.15) is 18.4 Å². The molecule has 3 rings (SSSR count). The normalized spacial score (nSPS) is 29.9. The molecule has 1 N–H and O–H groups in total. The molecule has 2 nitrogen and oxygen atoms in total. The number of hydrogen-bond donors (Lipinski definition) is 1. The Bertz CT molecular complexity index is 343. The van der Waals surface area contributed by atoms with E-state index in [2.05, 4.69) is 40.5 Å². The molecular formula is C15H22N2. The number of rotatable bonds is 3. The molecule has 2 unspecified atom stereocenters. The summed E-state index contributed by atoms with van der Waals surface area (Å²) in [7, 11) is 0. The number of likely N-dealkylation sites (tertiary alicyclic amines) is 1. The average Bonchev–Trinajstić information content (AvgIpc) is 3.00. The first-order valence-electron chi connectivity index (χ1n) is 6.89. The molecule has 0 radical (unpaired) electrons. The Morgan fingerprint density at radius 2 is 2.00 bits per heavy atom. The molecule has 2 fully saturated rings. The Morgan fingerprint density at radius 3 is 2.76 bits per heavy atom. The van der Waals surface area contributed by atoms with Gasteiger partial charge >= 0.3 is 0 Å². The van der Waals surface area contributed by atoms with Crippen molar-refractivity contribution in [1.29, 1.82) is 0 Å². The van der Waals surface area contributed by atoms with Gasteiger partial charge in [-0.3, -0.25) is 4.90 Å². The van der Waals surface area contributed by atoms with Crippen molar-refractivity contribution in [3.63, 3.8) is 0 Å². The highest BCUT2D eigenvalue weighted by atomic mass is 15.1. The van der Waals surface area contributed by atoms with Crippen molar-refractivity contribution in [2.75, 3.05) is 26.2 Å². The third kappa shape index (κ3) is 2.70. The van der Waals surface area contributed by atoms with Gasteiger partial charge in [0.05, 0.1) is 0 Å². The Morgan fingerprint density at radius 1 is 1.12 bits per heavy atom. The molecule has 2 heterocycles. The highest BCUT2D eigenvalue weighted by Crippen LogP contribution is 2.28. The molecule has 0 amide bonds. The van der Waals surface area contributed by atoms with E-state index < -0.39 is 0 Å². The van der Waals surface area contributed by atoms with Crippen LogP contribution in [0, 0.1) is 11.8 Å². The summed E-state index contributed by atoms with van der Waals surface area (Å²) in [6.45, 7) is 6.22. The van der Waals surface area contributed by atoms with Crippen molar-refractivity contribution in [3.05, 3.63) is 35.9 Å². The first-order valence-corrected chi connectivity index (χ1v) is 6.89. The predicted molar refractivity (Wildman–Crippen MR) is 70.8 cm³/mol. The zero-order valence-electron chi connectivity index (χ0n) is 10.4. The SMILES string of the molecule is c1ccc(CN2CCC(C3CCNC3)C2)cc1. The summed E-state index contributed by atoms with van der Waals surface area (Å²) in [5, 5.41) is 3.50. The Labute approximate surface area is 104 Å². The maximum atomic E-state index is 3.50. The minimum atomic E-state index is 0.939. The molecular weight excluding hydrogens is 208 g/mol. The second kappa shape index (κ2) is 5.19. The zero-order valence-corrected chi connectivity index (χ0v) is 10.4. The number of benzene rings is 1. The highest BCUT2D eigenvalue weighted by Gasteiger charge is 2.30. The molecule has 2 aliphatic rings. The minimum Gasteiger partial charge on any atom is -0.316 e. The van der Waals surface area contributed by atoms with Crippen LogP contribution in [0.3, 0.4) is 0 Å². The Kier molecular flexibility index (Phi) is 3.44. The lowest BCUT2D eigenvalue weighted by Gasteiger charge is -2.19. The van der Waals surface area contributed by atoms with Gasteiger partial charge in [0, 0.05) is 13.1 Å². The average molecular weight is 230 g/mol. The summed E-state index contributed by atoms with van der Waals surface area (Å²) in [6, 6.07) is 10.9. The fourth-order valence-electron chi connectivity index (χ4n) is 3.31. The van der Waals surface area contributed by atoms with Gasteiger partial charge in [-0.25, -0.2) is 0 Å². The summed E-state index contributed by atoms with van der Waals surface area (Å²) in [5.41, 5.74) is 1.46. The molecule has 2 aliphatic heterocycles. The monoisotopic (exact) mass is 230 g/mol. The summed E-state index contributed by atoms with van der Waals surface area (Å²) in [5.74, 6) is 1.88. The van der Waals surface area contributed by atoms with Crippen LogP contribution in [0.2, 0.25) is 0 Å². The van der Waals surface area contributed by atoms with Crippen LogP contribution < -0.4 is 5.32 Å². The van der Waals surface area contributed by atoms with Crippen molar-refractivity contribution in [1.82, 2.24) is 10.2 Å². The number of nitrogens with one attached hydrogen (secondary N) is 1. The molecule has 1 aromatic rings. The topological polar surface area (TPSA) is 15.3 Å². The number of nitrogens with zero attached hydrogens (tertiary/aromatic N) is 1. The van der Waals surface area contributed by atoms with Crippen LogP contribution in [0.5, 0.6) is 0 Å². The second-order valence-electron chi connectivity index (χ2n) is 5.52. The van der Waals surface area contributed by atoms with E-state index in [-0.39, 0.29) is 0 Å². The van der Waals surface area contributed by atoms with Gasteiger partial charge in [0.25, 0.3) is 0 Å². The lowest BCUT2D eigenvalue weighted by atomic mass is 9.91. The van der Waals surface area contributed by atoms with Gasteiger partial charge in [0.1, 0.15) is 0 Å². The van der Waals surface area contributed by atoms with Gasteiger partial charge in [-0.05, 0) is 49.9 Å². The summed E-state index contributed by atoms with van der Waals surface area (Å²) >= 11 is 0. The minimum absolute atomic E-state index is 0.939. The van der Waals surface area contributed by atoms with Crippen LogP contribution in [0.25, 0.3) is 0 Å². The van der Waals surface area contributed by atoms with Crippen LogP contribution in [-0.2, 0) is 6.54 Å². The molecule has 0 bridgehead atoms. The van der Waals surface area contributed by atoms with Crippen molar-refractivity contribution in [3.8, 4) is 0 Å². The van der Waals surface area contributed by atoms with E-state index >= 15 is 0 Å². The molecule has 0 aromatic heterocycles. The summed E-state index contributed by atoms with van der Waals surface area (Å²) in [6.07, 6.45) is 2.79. The standard InChI is InChI=1S/C15H22N2/c1-2-4-13(5-3-1)11-17-9-7-15(12-17)14-6-8-16-10-14/h1-5,14-16H,6-12H2. The summed E-state index contributed by atoms with van der Waals surface area (Å²) in [4.78, 5) is 2.62. The van der Waals surface area contributed by atoms with Gasteiger partial charge < -0.3 is 5.32 Å². The second-order valence-corrected chi connectivity index (χ2v) is 5.52. The molecule has 2 saturated heterocycles. The molecule has 1 aromatic carbocycles. The fraction of sp³-hybridized carbons (Fsp3) is 0.600. The maximum Gasteiger partial charge on any atom is 0.0233 e. The Hall–Kier alpha value is -0.860. The Balaban J connectivity index is 1.53. The van der Waals surface area contributed by atoms with E-state index in [4.69, 9.17) is 0 Å². The molecule has 0 aliphatic carbocycles. The van der Waals surface area contributed by atoms with Crippen molar-refractivity contribution in [2.45, 2.75) is 19.4 Å². The number of hydrogen-bond acceptors (Lipinski definition) is 2. The van der Waals surface area contributed by atoms with Gasteiger partial charge in [0.2, 0.25) is 0 Å². The molecule has 0 saturated carbocycles. The van der Waals surface area contributed by atoms with E-state index in [9.17, 15) is 0 Å². The third-order valence-electron chi connectivity index (χ3n) is 4.32. The molecule has 2 atom stereocenters. The van der Waals surface area contributed by atoms with Gasteiger partial charge in [-0.2, -0.15) is 0 Å². The van der Waals surface area contributed by atoms with Gasteiger partial charge in [0.15, 0.2) is 0 Å². The fourth-order valence-corrected chi connectivity index (χ4v) is 3.31. The van der Waals surface area contributed by atoms with E-state index in [1.165, 1.54) is 44.6 Å². The molecule has 2 heteroatoms. The smallest absolute Gasteiger partial charge is 0.0233 e. The van der Waals surface area contributed by atoms with Crippen LogP contribution >= 0.6 is 0 Å². The van der Waals surface area contributed by atoms with Crippen LogP contribution in [-0.4, -0.2) is 31.1 Å². The first-order chi connectivity index (χ1) is 8.42. The van der Waals surface area contributed by atoms with Crippen LogP contribution in [0.4, 0.5) is 0 Å². The zero-order chi connectivity index (χ0) is 11.5. The molecule has 92 valence electrons. The first kappa shape index (κ1) is 11.2. The van der Waals surface area contributed by atoms with Crippen molar-refractivity contribution >= 4 is 0 Å². The van der Waals surface area contributed by atoms with Crippen LogP contribution in [0.15, 0.2) is 30.3 Å². The highest BCUT2D eigenvalue weighted by molar-refractivity contribution is 5.14. The predicted octanol–water partition coefficient (Wildman–Crippen LogP) is 2.12. The van der Waals surface area contributed by atoms with E-state index in [1.807, 2.05) is 0 Å². The lowest BCUT2D eigenvalue weighted by Crippen LogP contribution is -2.24. The van der Waals surface area contributed by atoms with Gasteiger partial charge in [-0.15, -0.1) is 0 Å². The van der Waals surface area contributed by atoms with Crippen molar-refractivity contribution in [2.24, 2.45) is 11.8 Å². The quantitative estimate of drug-likeness (QED) is 0.855. The third-order valence-corrected chi connectivity index (χ3v) is 4.32. The maximum absolute atomic E-state index is 3.50. The van der Waals surface area contributed by atoms with Crippen molar-refractivity contribution < 1.29 is 0 Å². The van der Waals surface area contributed by atoms with E-state index in [0.717, 1.165) is 18.4 Å². The lowest BCUT2D eigenvalue weighted by molar-refractivity contribution is 0.289. The van der Waals surface area contributed by atoms with E-state index in [0.29, 0.717) is 0 Å². The van der Waals surface area contributed by atoms with E-state index in [1.54, 1.807) is 0 Å². The largest absolute Gasteiger partial charge is 0.316 e. The molecule has 0 spiro atoms. The summed E-state index contributed by atoms with van der Waals surface area (Å²) < 4.78 is 0. The molecule has 17 heavy (non-hydrogen) atoms.